The summed E-state index contributed by atoms with van der Waals surface area (Å²) in [5.41, 5.74) is 1.41. The van der Waals surface area contributed by atoms with Gasteiger partial charge in [-0.25, -0.2) is 0 Å². The molecule has 0 saturated heterocycles. The quantitative estimate of drug-likeness (QED) is 0.329. The molecule has 0 unspecified atom stereocenters. The van der Waals surface area contributed by atoms with Crippen LogP contribution in [0.3, 0.4) is 0 Å². The van der Waals surface area contributed by atoms with Gasteiger partial charge in [0.1, 0.15) is 12.9 Å². The molecule has 0 spiro atoms. The Kier molecular flexibility index (Phi) is 3.85. The van der Waals surface area contributed by atoms with Crippen molar-refractivity contribution in [3.63, 3.8) is 0 Å². The van der Waals surface area contributed by atoms with Gasteiger partial charge >= 0.3 is 5.97 Å². The maximum atomic E-state index is 10.9. The number of rotatable bonds is 3. The first-order valence-electron chi connectivity index (χ1n) is 4.50. The zero-order valence-electron chi connectivity index (χ0n) is 8.98. The van der Waals surface area contributed by atoms with Gasteiger partial charge in [0, 0.05) is 12.5 Å². The van der Waals surface area contributed by atoms with E-state index < -0.39 is 0 Å². The molecule has 0 aromatic heterocycles. The number of hydrogen-bond acceptors (Lipinski definition) is 4. The highest BCUT2D eigenvalue weighted by Gasteiger charge is 2.08. The number of para-hydroxylation sites is 1. The van der Waals surface area contributed by atoms with Crippen LogP contribution >= 0.6 is 0 Å². The highest BCUT2D eigenvalue weighted by Crippen LogP contribution is 2.19. The molecule has 4 nitrogen and oxygen atoms in total. The van der Waals surface area contributed by atoms with Gasteiger partial charge in [-0.3, -0.25) is 4.79 Å². The minimum absolute atomic E-state index is 0.354. The molecule has 0 N–H and O–H groups in total. The lowest BCUT2D eigenvalue weighted by Gasteiger charge is -2.07. The Morgan fingerprint density at radius 2 is 1.93 bits per heavy atom. The van der Waals surface area contributed by atoms with Crippen molar-refractivity contribution in [2.24, 2.45) is 5.16 Å². The Morgan fingerprint density at radius 3 is 2.53 bits per heavy atom. The summed E-state index contributed by atoms with van der Waals surface area (Å²) in [7, 11) is 1.47. The predicted octanol–water partition coefficient (Wildman–Crippen LogP) is 1.98. The first-order chi connectivity index (χ1) is 7.15. The normalized spacial score (nSPS) is 11.0. The Hall–Kier alpha value is -1.84. The van der Waals surface area contributed by atoms with E-state index in [2.05, 4.69) is 9.99 Å². The maximum absolute atomic E-state index is 10.9. The monoisotopic (exact) mass is 207 g/mol. The molecule has 4 heteroatoms. The number of hydrogen-bond donors (Lipinski definition) is 0. The van der Waals surface area contributed by atoms with Crippen LogP contribution in [0.1, 0.15) is 19.4 Å². The lowest BCUT2D eigenvalue weighted by Crippen LogP contribution is -2.06. The van der Waals surface area contributed by atoms with Crippen molar-refractivity contribution in [1.29, 1.82) is 0 Å². The second kappa shape index (κ2) is 5.14. The van der Waals surface area contributed by atoms with Crippen molar-refractivity contribution >= 4 is 11.7 Å². The molecule has 0 radical (unpaired) electrons. The molecule has 0 amide bonds. The molecule has 0 aliphatic rings. The topological polar surface area (TPSA) is 47.9 Å². The third-order valence-corrected chi connectivity index (χ3v) is 1.76. The van der Waals surface area contributed by atoms with E-state index in [9.17, 15) is 4.79 Å². The summed E-state index contributed by atoms with van der Waals surface area (Å²) in [6.45, 7) is 3.14. The third-order valence-electron chi connectivity index (χ3n) is 1.76. The van der Waals surface area contributed by atoms with Gasteiger partial charge in [-0.05, 0) is 19.1 Å². The first-order valence-corrected chi connectivity index (χ1v) is 4.50. The van der Waals surface area contributed by atoms with Crippen LogP contribution in [0.5, 0.6) is 5.75 Å². The molecule has 1 aromatic carbocycles. The predicted molar refractivity (Wildman–Crippen MR) is 57.0 cm³/mol. The fraction of sp³-hybridized carbons (Fsp3) is 0.273. The first kappa shape index (κ1) is 11.2. The second-order valence-corrected chi connectivity index (χ2v) is 2.95. The van der Waals surface area contributed by atoms with Crippen molar-refractivity contribution in [2.75, 3.05) is 7.11 Å². The summed E-state index contributed by atoms with van der Waals surface area (Å²) in [6.07, 6.45) is 0. The molecule has 1 rings (SSSR count). The molecule has 0 heterocycles. The van der Waals surface area contributed by atoms with Gasteiger partial charge in [-0.1, -0.05) is 17.3 Å². The summed E-state index contributed by atoms with van der Waals surface area (Å²) in [6, 6.07) is 7.17. The van der Waals surface area contributed by atoms with Crippen molar-refractivity contribution in [2.45, 2.75) is 13.8 Å². The van der Waals surface area contributed by atoms with Gasteiger partial charge in [0.2, 0.25) is 0 Å². The van der Waals surface area contributed by atoms with Crippen molar-refractivity contribution in [3.05, 3.63) is 29.8 Å². The zero-order valence-corrected chi connectivity index (χ0v) is 8.98. The van der Waals surface area contributed by atoms with Crippen LogP contribution < -0.4 is 4.74 Å². The number of ether oxygens (including phenoxy) is 1. The van der Waals surface area contributed by atoms with Crippen LogP contribution in [0.15, 0.2) is 29.4 Å². The Labute approximate surface area is 88.5 Å². The molecule has 0 fully saturated rings. The number of carbonyl (C=O) groups is 1. The average molecular weight is 207 g/mol. The summed E-state index contributed by atoms with van der Waals surface area (Å²) < 4.78 is 5.04. The SMILES string of the molecule is CO/N=C(/C)c1ccccc1OC(C)=O. The molecular weight excluding hydrogens is 194 g/mol. The molecule has 0 saturated carbocycles. The van der Waals surface area contributed by atoms with E-state index in [1.165, 1.54) is 14.0 Å². The second-order valence-electron chi connectivity index (χ2n) is 2.95. The lowest BCUT2D eigenvalue weighted by molar-refractivity contribution is -0.131. The standard InChI is InChI=1S/C11H13NO3/c1-8(12-14-3)10-6-4-5-7-11(10)15-9(2)13/h4-7H,1-3H3/b12-8-. The van der Waals surface area contributed by atoms with E-state index in [0.717, 1.165) is 5.56 Å². The number of carbonyl (C=O) groups excluding carboxylic acids is 1. The van der Waals surface area contributed by atoms with Crippen LogP contribution in [0.25, 0.3) is 0 Å². The molecule has 0 aliphatic carbocycles. The van der Waals surface area contributed by atoms with Gasteiger partial charge < -0.3 is 9.57 Å². The minimum Gasteiger partial charge on any atom is -0.426 e. The maximum Gasteiger partial charge on any atom is 0.308 e. The Bertz CT molecular complexity index is 385. The smallest absolute Gasteiger partial charge is 0.308 e. The lowest BCUT2D eigenvalue weighted by atomic mass is 10.1. The highest BCUT2D eigenvalue weighted by atomic mass is 16.6. The molecule has 0 bridgehead atoms. The van der Waals surface area contributed by atoms with E-state index in [4.69, 9.17) is 4.74 Å². The largest absolute Gasteiger partial charge is 0.426 e. The van der Waals surface area contributed by atoms with E-state index >= 15 is 0 Å². The van der Waals surface area contributed by atoms with Crippen LogP contribution in [-0.2, 0) is 9.63 Å². The highest BCUT2D eigenvalue weighted by molar-refractivity contribution is 6.01. The fourth-order valence-corrected chi connectivity index (χ4v) is 1.20. The number of nitrogens with zero attached hydrogens (tertiary/aromatic N) is 1. The Balaban J connectivity index is 3.06. The fourth-order valence-electron chi connectivity index (χ4n) is 1.20. The van der Waals surface area contributed by atoms with Crippen LogP contribution in [0, 0.1) is 0 Å². The van der Waals surface area contributed by atoms with Gasteiger partial charge in [-0.2, -0.15) is 0 Å². The summed E-state index contributed by atoms with van der Waals surface area (Å²) >= 11 is 0. The van der Waals surface area contributed by atoms with Crippen molar-refractivity contribution in [1.82, 2.24) is 0 Å². The average Bonchev–Trinajstić information content (AvgIpc) is 2.18. The Morgan fingerprint density at radius 1 is 1.27 bits per heavy atom. The number of benzene rings is 1. The van der Waals surface area contributed by atoms with Crippen LogP contribution in [-0.4, -0.2) is 18.8 Å². The van der Waals surface area contributed by atoms with E-state index in [1.807, 2.05) is 12.1 Å². The van der Waals surface area contributed by atoms with Gasteiger partial charge in [0.15, 0.2) is 0 Å². The summed E-state index contributed by atoms with van der Waals surface area (Å²) in [4.78, 5) is 15.5. The molecule has 0 atom stereocenters. The molecule has 1 aromatic rings. The zero-order chi connectivity index (χ0) is 11.3. The van der Waals surface area contributed by atoms with E-state index in [-0.39, 0.29) is 5.97 Å². The molecule has 15 heavy (non-hydrogen) atoms. The van der Waals surface area contributed by atoms with E-state index in [1.54, 1.807) is 19.1 Å². The minimum atomic E-state index is -0.354. The summed E-state index contributed by atoms with van der Waals surface area (Å²) in [5.74, 6) is 0.135. The summed E-state index contributed by atoms with van der Waals surface area (Å²) in [5, 5.41) is 3.79. The number of esters is 1. The van der Waals surface area contributed by atoms with Crippen LogP contribution in [0.2, 0.25) is 0 Å². The van der Waals surface area contributed by atoms with E-state index in [0.29, 0.717) is 11.5 Å². The van der Waals surface area contributed by atoms with Crippen LogP contribution in [0.4, 0.5) is 0 Å². The molecule has 80 valence electrons. The molecule has 0 aliphatic heterocycles. The van der Waals surface area contributed by atoms with Gasteiger partial charge in [0.05, 0.1) is 5.71 Å². The number of oxime groups is 1. The molecular formula is C11H13NO3. The van der Waals surface area contributed by atoms with Crippen molar-refractivity contribution < 1.29 is 14.4 Å². The van der Waals surface area contributed by atoms with Crippen molar-refractivity contribution in [3.8, 4) is 5.75 Å². The third kappa shape index (κ3) is 3.09. The van der Waals surface area contributed by atoms with Gasteiger partial charge in [0.25, 0.3) is 0 Å². The van der Waals surface area contributed by atoms with Gasteiger partial charge in [-0.15, -0.1) is 0 Å².